The number of aliphatic carboxylic acids is 1. The lowest BCUT2D eigenvalue weighted by Crippen LogP contribution is -2.10. The fraction of sp³-hybridized carbons (Fsp3) is 0.158. The molecular formula is C19H16FNO6. The molecule has 0 fully saturated rings. The Morgan fingerprint density at radius 3 is 2.41 bits per heavy atom. The summed E-state index contributed by atoms with van der Waals surface area (Å²) < 4.78 is 18.5. The van der Waals surface area contributed by atoms with Crippen LogP contribution in [0.25, 0.3) is 6.08 Å². The summed E-state index contributed by atoms with van der Waals surface area (Å²) in [6, 6.07) is 6.75. The van der Waals surface area contributed by atoms with Crippen molar-refractivity contribution in [2.45, 2.75) is 13.8 Å². The molecular weight excluding hydrogens is 357 g/mol. The van der Waals surface area contributed by atoms with Crippen molar-refractivity contribution in [3.8, 4) is 5.75 Å². The van der Waals surface area contributed by atoms with Crippen molar-refractivity contribution >= 4 is 23.5 Å². The van der Waals surface area contributed by atoms with Gasteiger partial charge in [0.2, 0.25) is 0 Å². The van der Waals surface area contributed by atoms with Gasteiger partial charge in [-0.05, 0) is 54.8 Å². The Morgan fingerprint density at radius 1 is 1.22 bits per heavy atom. The van der Waals surface area contributed by atoms with Crippen LogP contribution in [0.1, 0.15) is 27.0 Å². The highest BCUT2D eigenvalue weighted by Crippen LogP contribution is 2.28. The van der Waals surface area contributed by atoms with Crippen molar-refractivity contribution in [1.82, 2.24) is 0 Å². The van der Waals surface area contributed by atoms with E-state index in [9.17, 15) is 24.1 Å². The minimum absolute atomic E-state index is 0.185. The van der Waals surface area contributed by atoms with E-state index in [0.717, 1.165) is 0 Å². The lowest BCUT2D eigenvalue weighted by Gasteiger charge is -2.05. The highest BCUT2D eigenvalue weighted by Gasteiger charge is 2.16. The first-order valence-corrected chi connectivity index (χ1v) is 7.81. The van der Waals surface area contributed by atoms with E-state index >= 15 is 0 Å². The summed E-state index contributed by atoms with van der Waals surface area (Å²) in [5.74, 6) is -2.20. The van der Waals surface area contributed by atoms with Gasteiger partial charge in [0, 0.05) is 11.6 Å². The molecule has 0 bridgehead atoms. The highest BCUT2D eigenvalue weighted by molar-refractivity contribution is 6.07. The SMILES string of the molecule is Cc1cc(C(=O)C=Cc2ccc(OCC(=O)O)c([N+](=O)[O-])c2)cc(C)c1F. The minimum Gasteiger partial charge on any atom is -0.479 e. The Bertz CT molecular complexity index is 928. The number of carboxylic acid groups (broad SMARTS) is 1. The van der Waals surface area contributed by atoms with Crippen molar-refractivity contribution in [2.24, 2.45) is 0 Å². The summed E-state index contributed by atoms with van der Waals surface area (Å²) in [5, 5.41) is 19.7. The molecule has 7 nitrogen and oxygen atoms in total. The zero-order valence-corrected chi connectivity index (χ0v) is 14.6. The number of ether oxygens (including phenoxy) is 1. The van der Waals surface area contributed by atoms with Gasteiger partial charge in [0.05, 0.1) is 4.92 Å². The smallest absolute Gasteiger partial charge is 0.341 e. The molecule has 8 heteroatoms. The molecule has 1 N–H and O–H groups in total. The Labute approximate surface area is 153 Å². The molecule has 0 saturated heterocycles. The average molecular weight is 373 g/mol. The van der Waals surface area contributed by atoms with Crippen LogP contribution in [0.2, 0.25) is 0 Å². The standard InChI is InChI=1S/C19H16FNO6/c1-11-7-14(8-12(2)19(11)20)16(22)5-3-13-4-6-17(27-10-18(23)24)15(9-13)21(25)26/h3-9H,10H2,1-2H3,(H,23,24). The number of benzene rings is 2. The number of hydrogen-bond acceptors (Lipinski definition) is 5. The summed E-state index contributed by atoms with van der Waals surface area (Å²) >= 11 is 0. The van der Waals surface area contributed by atoms with E-state index in [0.29, 0.717) is 22.3 Å². The van der Waals surface area contributed by atoms with Gasteiger partial charge in [-0.15, -0.1) is 0 Å². The maximum atomic E-state index is 13.7. The maximum absolute atomic E-state index is 13.7. The molecule has 0 radical (unpaired) electrons. The first-order chi connectivity index (χ1) is 12.7. The molecule has 0 heterocycles. The van der Waals surface area contributed by atoms with Crippen LogP contribution in [0.4, 0.5) is 10.1 Å². The molecule has 0 aliphatic heterocycles. The lowest BCUT2D eigenvalue weighted by molar-refractivity contribution is -0.385. The van der Waals surface area contributed by atoms with Crippen molar-refractivity contribution < 1.29 is 28.7 Å². The van der Waals surface area contributed by atoms with E-state index in [1.54, 1.807) is 13.8 Å². The second kappa shape index (κ2) is 8.22. The molecule has 0 aliphatic rings. The first kappa shape index (κ1) is 19.8. The maximum Gasteiger partial charge on any atom is 0.341 e. The Kier molecular flexibility index (Phi) is 6.02. The van der Waals surface area contributed by atoms with Gasteiger partial charge < -0.3 is 9.84 Å². The minimum atomic E-state index is -1.26. The quantitative estimate of drug-likeness (QED) is 0.343. The van der Waals surface area contributed by atoms with Crippen LogP contribution in [-0.2, 0) is 4.79 Å². The summed E-state index contributed by atoms with van der Waals surface area (Å²) in [5.41, 5.74) is 0.941. The van der Waals surface area contributed by atoms with Gasteiger partial charge in [-0.25, -0.2) is 9.18 Å². The van der Waals surface area contributed by atoms with Gasteiger partial charge in [0.1, 0.15) is 5.82 Å². The van der Waals surface area contributed by atoms with Crippen molar-refractivity contribution in [2.75, 3.05) is 6.61 Å². The van der Waals surface area contributed by atoms with Gasteiger partial charge in [-0.3, -0.25) is 14.9 Å². The Hall–Kier alpha value is -3.55. The number of aryl methyl sites for hydroxylation is 2. The Morgan fingerprint density at radius 2 is 1.85 bits per heavy atom. The van der Waals surface area contributed by atoms with Gasteiger partial charge in [0.15, 0.2) is 18.1 Å². The second-order valence-corrected chi connectivity index (χ2v) is 5.79. The number of allylic oxidation sites excluding steroid dienone is 1. The highest BCUT2D eigenvalue weighted by atomic mass is 19.1. The predicted molar refractivity (Wildman–Crippen MR) is 95.5 cm³/mol. The molecule has 0 atom stereocenters. The average Bonchev–Trinajstić information content (AvgIpc) is 2.62. The van der Waals surface area contributed by atoms with E-state index in [4.69, 9.17) is 9.84 Å². The third-order valence-corrected chi connectivity index (χ3v) is 3.68. The van der Waals surface area contributed by atoms with Crippen LogP contribution >= 0.6 is 0 Å². The van der Waals surface area contributed by atoms with Crippen LogP contribution in [0.15, 0.2) is 36.4 Å². The third kappa shape index (κ3) is 4.97. The molecule has 0 saturated carbocycles. The van der Waals surface area contributed by atoms with E-state index in [-0.39, 0.29) is 17.3 Å². The number of carbonyl (C=O) groups is 2. The zero-order valence-electron chi connectivity index (χ0n) is 14.6. The molecule has 0 aliphatic carbocycles. The topological polar surface area (TPSA) is 107 Å². The Balaban J connectivity index is 2.26. The van der Waals surface area contributed by atoms with E-state index in [1.165, 1.54) is 42.5 Å². The number of rotatable bonds is 7. The van der Waals surface area contributed by atoms with Gasteiger partial charge >= 0.3 is 11.7 Å². The summed E-state index contributed by atoms with van der Waals surface area (Å²) in [4.78, 5) is 33.2. The molecule has 140 valence electrons. The molecule has 0 amide bonds. The number of hydrogen-bond donors (Lipinski definition) is 1. The molecule has 2 rings (SSSR count). The zero-order chi connectivity index (χ0) is 20.1. The van der Waals surface area contributed by atoms with Gasteiger partial charge in [0.25, 0.3) is 0 Å². The normalized spacial score (nSPS) is 10.8. The lowest BCUT2D eigenvalue weighted by atomic mass is 10.0. The monoisotopic (exact) mass is 373 g/mol. The van der Waals surface area contributed by atoms with Crippen LogP contribution in [0.5, 0.6) is 5.75 Å². The second-order valence-electron chi connectivity index (χ2n) is 5.79. The summed E-state index contributed by atoms with van der Waals surface area (Å²) in [6.45, 7) is 2.40. The van der Waals surface area contributed by atoms with Crippen LogP contribution in [-0.4, -0.2) is 28.4 Å². The number of nitro groups is 1. The summed E-state index contributed by atoms with van der Waals surface area (Å²) in [7, 11) is 0. The number of ketones is 1. The molecule has 0 spiro atoms. The van der Waals surface area contributed by atoms with Crippen LogP contribution in [0, 0.1) is 29.8 Å². The van der Waals surface area contributed by atoms with E-state index < -0.39 is 23.2 Å². The molecule has 0 unspecified atom stereocenters. The van der Waals surface area contributed by atoms with Crippen molar-refractivity contribution in [3.05, 3.63) is 74.6 Å². The van der Waals surface area contributed by atoms with Crippen LogP contribution < -0.4 is 4.74 Å². The molecule has 27 heavy (non-hydrogen) atoms. The van der Waals surface area contributed by atoms with Crippen LogP contribution in [0.3, 0.4) is 0 Å². The molecule has 2 aromatic carbocycles. The molecule has 0 aromatic heterocycles. The number of nitrogens with zero attached hydrogens (tertiary/aromatic N) is 1. The predicted octanol–water partition coefficient (Wildman–Crippen LogP) is 3.71. The van der Waals surface area contributed by atoms with E-state index in [2.05, 4.69) is 0 Å². The first-order valence-electron chi connectivity index (χ1n) is 7.81. The number of nitro benzene ring substituents is 1. The number of halogens is 1. The fourth-order valence-corrected chi connectivity index (χ4v) is 2.40. The largest absolute Gasteiger partial charge is 0.479 e. The van der Waals surface area contributed by atoms with Crippen molar-refractivity contribution in [1.29, 1.82) is 0 Å². The van der Waals surface area contributed by atoms with Crippen molar-refractivity contribution in [3.63, 3.8) is 0 Å². The molecule has 2 aromatic rings. The third-order valence-electron chi connectivity index (χ3n) is 3.68. The van der Waals surface area contributed by atoms with Gasteiger partial charge in [-0.2, -0.15) is 0 Å². The van der Waals surface area contributed by atoms with Gasteiger partial charge in [-0.1, -0.05) is 12.1 Å². The fourth-order valence-electron chi connectivity index (χ4n) is 2.40. The van der Waals surface area contributed by atoms with E-state index in [1.807, 2.05) is 0 Å². The number of carbonyl (C=O) groups excluding carboxylic acids is 1. The summed E-state index contributed by atoms with van der Waals surface area (Å²) in [6.07, 6.45) is 2.60. The number of carboxylic acids is 1.